The van der Waals surface area contributed by atoms with Gasteiger partial charge in [0.1, 0.15) is 24.2 Å². The number of carbonyl (C=O) groups is 5. The quantitative estimate of drug-likeness (QED) is 0.0245. The Hall–Kier alpha value is -5.43. The Balaban J connectivity index is 1.30. The molecule has 6 aromatic rings. The average molecular weight is 1270 g/mol. The number of oxazole rings is 2. The zero-order valence-corrected chi connectivity index (χ0v) is 47.4. The zero-order valence-electron chi connectivity index (χ0n) is 41.1. The monoisotopic (exact) mass is 1270 g/mol. The van der Waals surface area contributed by atoms with Gasteiger partial charge in [-0.3, -0.25) is 4.79 Å². The highest BCUT2D eigenvalue weighted by atomic mass is 79.9. The molecule has 0 radical (unpaired) electrons. The minimum atomic E-state index is -1.55. The van der Waals surface area contributed by atoms with Gasteiger partial charge in [0.05, 0.1) is 28.5 Å². The number of halogens is 4. The lowest BCUT2D eigenvalue weighted by molar-refractivity contribution is -0.149. The van der Waals surface area contributed by atoms with Gasteiger partial charge in [-0.1, -0.05) is 141 Å². The summed E-state index contributed by atoms with van der Waals surface area (Å²) in [6.45, 7) is 3.71. The lowest BCUT2D eigenvalue weighted by Crippen LogP contribution is -2.45. The van der Waals surface area contributed by atoms with Crippen LogP contribution >= 0.6 is 63.7 Å². The fourth-order valence-corrected chi connectivity index (χ4v) is 8.92. The zero-order chi connectivity index (χ0) is 52.8. The molecule has 0 aliphatic carbocycles. The molecule has 0 saturated heterocycles. The summed E-state index contributed by atoms with van der Waals surface area (Å²) < 4.78 is 45.0. The molecule has 74 heavy (non-hydrogen) atoms. The summed E-state index contributed by atoms with van der Waals surface area (Å²) in [5.74, 6) is -3.79. The first-order chi connectivity index (χ1) is 35.8. The van der Waals surface area contributed by atoms with Crippen molar-refractivity contribution >= 4 is 93.6 Å². The van der Waals surface area contributed by atoms with E-state index in [-0.39, 0.29) is 46.0 Å². The van der Waals surface area contributed by atoms with Crippen molar-refractivity contribution < 1.29 is 56.5 Å². The van der Waals surface area contributed by atoms with Gasteiger partial charge in [0.15, 0.2) is 24.4 Å². The van der Waals surface area contributed by atoms with E-state index in [2.05, 4.69) is 75.6 Å². The fraction of sp³-hybridized carbons (Fsp3) is 0.375. The molecule has 0 fully saturated rings. The van der Waals surface area contributed by atoms with Gasteiger partial charge in [0.25, 0.3) is 0 Å². The molecule has 2 aromatic heterocycles. The maximum atomic E-state index is 14.2. The minimum Gasteiger partial charge on any atom is -0.455 e. The minimum absolute atomic E-state index is 0.00540. The Morgan fingerprint density at radius 1 is 0.527 bits per heavy atom. The molecular formula is C56H58Br4N2O12. The van der Waals surface area contributed by atoms with Crippen molar-refractivity contribution in [2.45, 2.75) is 134 Å². The summed E-state index contributed by atoms with van der Waals surface area (Å²) in [6.07, 6.45) is 10.0. The molecule has 6 rings (SSSR count). The molecule has 2 heterocycles. The molecule has 0 N–H and O–H groups in total. The van der Waals surface area contributed by atoms with Crippen LogP contribution in [-0.2, 0) is 28.5 Å². The molecule has 5 atom stereocenters. The van der Waals surface area contributed by atoms with Gasteiger partial charge in [0.2, 0.25) is 12.0 Å². The highest BCUT2D eigenvalue weighted by molar-refractivity contribution is 9.11. The molecule has 14 nitrogen and oxygen atoms in total. The Morgan fingerprint density at radius 3 is 1.42 bits per heavy atom. The van der Waals surface area contributed by atoms with Crippen molar-refractivity contribution in [3.8, 4) is 0 Å². The molecule has 0 bridgehead atoms. The van der Waals surface area contributed by atoms with Gasteiger partial charge in [-0.2, -0.15) is 0 Å². The fourth-order valence-electron chi connectivity index (χ4n) is 7.86. The van der Waals surface area contributed by atoms with E-state index in [0.29, 0.717) is 19.8 Å². The van der Waals surface area contributed by atoms with Gasteiger partial charge >= 0.3 is 29.8 Å². The van der Waals surface area contributed by atoms with Gasteiger partial charge < -0.3 is 32.5 Å². The highest BCUT2D eigenvalue weighted by Gasteiger charge is 2.41. The number of benzene rings is 4. The molecule has 4 aromatic carbocycles. The largest absolute Gasteiger partial charge is 0.455 e. The number of carbonyl (C=O) groups excluding carboxylic acids is 5. The second-order valence-electron chi connectivity index (χ2n) is 17.6. The SMILES string of the molecule is CCCCCCCCCCCCCCC(=O)O[C@@H](c1cnco1)c1nc([C@H](C[C@@H](OC(=O)c2ccc(Br)cc2)[C@@H](OC(=O)c2ccc(Br)cc2)[C@@H](C)OC(=O)c2ccc(Br)cc2)OC(=O)c2ccc(Br)cc2)co1. The van der Waals surface area contributed by atoms with Crippen LogP contribution in [0.25, 0.3) is 0 Å². The molecule has 0 aliphatic heterocycles. The number of rotatable bonds is 29. The summed E-state index contributed by atoms with van der Waals surface area (Å²) in [4.78, 5) is 78.2. The van der Waals surface area contributed by atoms with Gasteiger partial charge in [-0.15, -0.1) is 0 Å². The Bertz CT molecular complexity index is 2700. The van der Waals surface area contributed by atoms with Crippen LogP contribution in [-0.4, -0.2) is 58.1 Å². The van der Waals surface area contributed by atoms with Crippen LogP contribution in [0.4, 0.5) is 0 Å². The first-order valence-corrected chi connectivity index (χ1v) is 27.8. The number of esters is 5. The van der Waals surface area contributed by atoms with Crippen LogP contribution in [0.1, 0.15) is 175 Å². The van der Waals surface area contributed by atoms with Crippen molar-refractivity contribution in [3.05, 3.63) is 173 Å². The summed E-state index contributed by atoms with van der Waals surface area (Å²) in [7, 11) is 0. The molecule has 0 amide bonds. The second kappa shape index (κ2) is 30.2. The van der Waals surface area contributed by atoms with Crippen LogP contribution in [0.15, 0.2) is 143 Å². The summed E-state index contributed by atoms with van der Waals surface area (Å²) >= 11 is 13.6. The predicted octanol–water partition coefficient (Wildman–Crippen LogP) is 15.4. The number of unbranched alkanes of at least 4 members (excludes halogenated alkanes) is 11. The van der Waals surface area contributed by atoms with E-state index in [1.807, 2.05) is 0 Å². The summed E-state index contributed by atoms with van der Waals surface area (Å²) in [6, 6.07) is 25.6. The van der Waals surface area contributed by atoms with Crippen molar-refractivity contribution in [3.63, 3.8) is 0 Å². The van der Waals surface area contributed by atoms with E-state index in [9.17, 15) is 24.0 Å². The topological polar surface area (TPSA) is 184 Å². The van der Waals surface area contributed by atoms with Crippen molar-refractivity contribution in [2.24, 2.45) is 0 Å². The van der Waals surface area contributed by atoms with Gasteiger partial charge in [0, 0.05) is 30.7 Å². The van der Waals surface area contributed by atoms with Gasteiger partial charge in [-0.05, 0) is 110 Å². The Morgan fingerprint density at radius 2 is 0.959 bits per heavy atom. The first kappa shape index (κ1) is 57.8. The lowest BCUT2D eigenvalue weighted by Gasteiger charge is -2.32. The number of hydrogen-bond donors (Lipinski definition) is 0. The first-order valence-electron chi connectivity index (χ1n) is 24.7. The molecule has 0 saturated carbocycles. The third-order valence-corrected chi connectivity index (χ3v) is 14.0. The summed E-state index contributed by atoms with van der Waals surface area (Å²) in [5, 5.41) is 0. The highest BCUT2D eigenvalue weighted by Crippen LogP contribution is 2.34. The number of aromatic nitrogens is 2. The van der Waals surface area contributed by atoms with Gasteiger partial charge in [-0.25, -0.2) is 29.1 Å². The number of ether oxygens (including phenoxy) is 5. The predicted molar refractivity (Wildman–Crippen MR) is 289 cm³/mol. The van der Waals surface area contributed by atoms with E-state index >= 15 is 0 Å². The second-order valence-corrected chi connectivity index (χ2v) is 21.3. The molecule has 0 unspecified atom stereocenters. The van der Waals surface area contributed by atoms with E-state index in [0.717, 1.165) is 23.7 Å². The van der Waals surface area contributed by atoms with Crippen LogP contribution < -0.4 is 0 Å². The van der Waals surface area contributed by atoms with E-state index in [4.69, 9.17) is 37.5 Å². The maximum absolute atomic E-state index is 14.2. The maximum Gasteiger partial charge on any atom is 0.338 e. The van der Waals surface area contributed by atoms with Crippen molar-refractivity contribution in [1.82, 2.24) is 9.97 Å². The number of hydrogen-bond acceptors (Lipinski definition) is 14. The summed E-state index contributed by atoms with van der Waals surface area (Å²) in [5.41, 5.74) is 0.603. The van der Waals surface area contributed by atoms with E-state index < -0.39 is 66.8 Å². The third-order valence-electron chi connectivity index (χ3n) is 11.9. The lowest BCUT2D eigenvalue weighted by atomic mass is 10.00. The standard InChI is InChI=1S/C56H58Br4N2O12/c1-3-4-5-6-7-8-9-10-11-12-13-14-15-49(63)73-51(48-33-61-35-69-48)52-62-45(34-68-52)46(71-54(65)38-18-26-42(58)27-19-38)32-47(72-55(66)39-20-28-43(59)29-21-39)50(74-56(67)40-22-30-44(60)31-23-40)36(2)70-53(64)37-16-24-41(57)25-17-37/h16-31,33-36,46-47,50-51H,3-15,32H2,1-2H3/t36-,46+,47-,50+,51+/m1/s1. The molecular weight excluding hydrogens is 1210 g/mol. The van der Waals surface area contributed by atoms with Crippen LogP contribution in [0.3, 0.4) is 0 Å². The molecule has 0 aliphatic rings. The van der Waals surface area contributed by atoms with Crippen LogP contribution in [0.5, 0.6) is 0 Å². The molecule has 0 spiro atoms. The Labute approximate surface area is 464 Å². The van der Waals surface area contributed by atoms with Crippen molar-refractivity contribution in [1.29, 1.82) is 0 Å². The normalized spacial score (nSPS) is 13.2. The third kappa shape index (κ3) is 18.4. The Kier molecular flexibility index (Phi) is 23.6. The number of nitrogens with zero attached hydrogens (tertiary/aromatic N) is 2. The van der Waals surface area contributed by atoms with Crippen molar-refractivity contribution in [2.75, 3.05) is 0 Å². The van der Waals surface area contributed by atoms with Crippen LogP contribution in [0, 0.1) is 0 Å². The van der Waals surface area contributed by atoms with E-state index in [1.165, 1.54) is 101 Å². The smallest absolute Gasteiger partial charge is 0.338 e. The molecule has 18 heteroatoms. The average Bonchev–Trinajstić information content (AvgIpc) is 4.12. The van der Waals surface area contributed by atoms with E-state index in [1.54, 1.807) is 72.8 Å². The molecule has 392 valence electrons. The van der Waals surface area contributed by atoms with Crippen LogP contribution in [0.2, 0.25) is 0 Å².